The summed E-state index contributed by atoms with van der Waals surface area (Å²) in [5.41, 5.74) is 0.498. The van der Waals surface area contributed by atoms with Crippen LogP contribution in [0.3, 0.4) is 0 Å². The van der Waals surface area contributed by atoms with Crippen molar-refractivity contribution in [3.63, 3.8) is 0 Å². The molecule has 0 unspecified atom stereocenters. The van der Waals surface area contributed by atoms with Gasteiger partial charge in [0.05, 0.1) is 0 Å². The number of hydrazine groups is 1. The molecule has 0 spiro atoms. The molecule has 0 radical (unpaired) electrons. The molecule has 0 aliphatic rings. The highest BCUT2D eigenvalue weighted by Gasteiger charge is 2.31. The molecule has 2 N–H and O–H groups in total. The average molecular weight is 200 g/mol. The normalized spacial score (nSPS) is 13.7. The largest absolute Gasteiger partial charge is 0.268 e. The zero-order chi connectivity index (χ0) is 11.4. The monoisotopic (exact) mass is 200 g/mol. The number of hydrogen-bond acceptors (Lipinski definition) is 2. The predicted octanol–water partition coefficient (Wildman–Crippen LogP) is 3.18. The van der Waals surface area contributed by atoms with E-state index in [9.17, 15) is 0 Å². The van der Waals surface area contributed by atoms with Gasteiger partial charge >= 0.3 is 0 Å². The third kappa shape index (κ3) is 4.43. The molecule has 0 aromatic heterocycles. The summed E-state index contributed by atoms with van der Waals surface area (Å²) >= 11 is 0. The van der Waals surface area contributed by atoms with E-state index in [4.69, 9.17) is 5.84 Å². The van der Waals surface area contributed by atoms with E-state index in [2.05, 4.69) is 41.5 Å². The van der Waals surface area contributed by atoms with Crippen LogP contribution >= 0.6 is 0 Å². The first-order valence-electron chi connectivity index (χ1n) is 5.77. The summed E-state index contributed by atoms with van der Waals surface area (Å²) in [6.45, 7) is 14.4. The second-order valence-corrected chi connectivity index (χ2v) is 5.69. The van der Waals surface area contributed by atoms with E-state index in [1.807, 2.05) is 5.01 Å². The third-order valence-electron chi connectivity index (χ3n) is 2.96. The molecule has 2 heteroatoms. The van der Waals surface area contributed by atoms with E-state index in [-0.39, 0.29) is 5.54 Å². The summed E-state index contributed by atoms with van der Waals surface area (Å²) in [6, 6.07) is 0. The molecule has 0 aromatic rings. The van der Waals surface area contributed by atoms with Gasteiger partial charge in [0, 0.05) is 12.1 Å². The molecule has 0 bridgehead atoms. The highest BCUT2D eigenvalue weighted by Crippen LogP contribution is 2.34. The van der Waals surface area contributed by atoms with Crippen LogP contribution in [0.15, 0.2) is 0 Å². The maximum atomic E-state index is 5.99. The lowest BCUT2D eigenvalue weighted by atomic mass is 9.77. The van der Waals surface area contributed by atoms with Crippen LogP contribution in [0.25, 0.3) is 0 Å². The summed E-state index contributed by atoms with van der Waals surface area (Å²) in [5, 5.41) is 1.95. The Hall–Kier alpha value is -0.0800. The van der Waals surface area contributed by atoms with Crippen LogP contribution in [0.5, 0.6) is 0 Å². The van der Waals surface area contributed by atoms with Crippen molar-refractivity contribution in [1.82, 2.24) is 5.01 Å². The Kier molecular flexibility index (Phi) is 5.10. The first-order valence-corrected chi connectivity index (χ1v) is 5.77. The molecule has 0 rings (SSSR count). The van der Waals surface area contributed by atoms with E-state index in [1.165, 1.54) is 12.8 Å². The molecule has 0 aliphatic carbocycles. The molecular formula is C12H28N2. The zero-order valence-electron chi connectivity index (χ0n) is 10.9. The fourth-order valence-corrected chi connectivity index (χ4v) is 2.47. The van der Waals surface area contributed by atoms with Crippen LogP contribution in [0.1, 0.15) is 60.8 Å². The first-order chi connectivity index (χ1) is 6.25. The molecule has 2 nitrogen and oxygen atoms in total. The number of rotatable bonds is 6. The van der Waals surface area contributed by atoms with Gasteiger partial charge in [-0.2, -0.15) is 0 Å². The molecule has 14 heavy (non-hydrogen) atoms. The van der Waals surface area contributed by atoms with Gasteiger partial charge in [0.25, 0.3) is 0 Å². The second-order valence-electron chi connectivity index (χ2n) is 5.69. The van der Waals surface area contributed by atoms with Gasteiger partial charge in [0.15, 0.2) is 0 Å². The maximum absolute atomic E-state index is 5.99. The van der Waals surface area contributed by atoms with Crippen molar-refractivity contribution in [2.75, 3.05) is 6.54 Å². The fourth-order valence-electron chi connectivity index (χ4n) is 2.47. The van der Waals surface area contributed by atoms with E-state index in [0.717, 1.165) is 13.0 Å². The van der Waals surface area contributed by atoms with Crippen LogP contribution in [0, 0.1) is 5.41 Å². The maximum Gasteiger partial charge on any atom is 0.0300 e. The standard InChI is InChI=1S/C12H28N2/c1-7-9-11(3,4)10-12(5,6)14(13)8-2/h7-10,13H2,1-6H3. The summed E-state index contributed by atoms with van der Waals surface area (Å²) in [4.78, 5) is 0. The number of hydrogen-bond donors (Lipinski definition) is 1. The van der Waals surface area contributed by atoms with Crippen LogP contribution in [0.2, 0.25) is 0 Å². The smallest absolute Gasteiger partial charge is 0.0300 e. The lowest BCUT2D eigenvalue weighted by Gasteiger charge is -2.40. The minimum Gasteiger partial charge on any atom is -0.268 e. The van der Waals surface area contributed by atoms with E-state index in [0.29, 0.717) is 5.41 Å². The third-order valence-corrected chi connectivity index (χ3v) is 2.96. The van der Waals surface area contributed by atoms with Crippen LogP contribution in [0.4, 0.5) is 0 Å². The molecule has 0 saturated heterocycles. The highest BCUT2D eigenvalue weighted by molar-refractivity contribution is 4.84. The van der Waals surface area contributed by atoms with Gasteiger partial charge in [-0.15, -0.1) is 0 Å². The minimum absolute atomic E-state index is 0.105. The van der Waals surface area contributed by atoms with Gasteiger partial charge in [-0.05, 0) is 32.1 Å². The van der Waals surface area contributed by atoms with Crippen LogP contribution < -0.4 is 5.84 Å². The topological polar surface area (TPSA) is 29.3 Å². The first kappa shape index (κ1) is 13.9. The molecule has 0 saturated carbocycles. The van der Waals surface area contributed by atoms with Crippen molar-refractivity contribution < 1.29 is 0 Å². The van der Waals surface area contributed by atoms with E-state index < -0.39 is 0 Å². The molecule has 0 fully saturated rings. The summed E-state index contributed by atoms with van der Waals surface area (Å²) in [5.74, 6) is 5.99. The van der Waals surface area contributed by atoms with Crippen LogP contribution in [-0.2, 0) is 0 Å². The lowest BCUT2D eigenvalue weighted by Crippen LogP contribution is -2.50. The van der Waals surface area contributed by atoms with Crippen molar-refractivity contribution in [2.45, 2.75) is 66.3 Å². The van der Waals surface area contributed by atoms with Crippen molar-refractivity contribution in [2.24, 2.45) is 11.3 Å². The minimum atomic E-state index is 0.105. The lowest BCUT2D eigenvalue weighted by molar-refractivity contribution is 0.0730. The number of nitrogens with zero attached hydrogens (tertiary/aromatic N) is 1. The van der Waals surface area contributed by atoms with Gasteiger partial charge < -0.3 is 0 Å². The Morgan fingerprint density at radius 3 is 1.93 bits per heavy atom. The Morgan fingerprint density at radius 1 is 1.07 bits per heavy atom. The Labute approximate surface area is 89.8 Å². The van der Waals surface area contributed by atoms with Gasteiger partial charge in [0.2, 0.25) is 0 Å². The molecule has 0 aromatic carbocycles. The van der Waals surface area contributed by atoms with Crippen molar-refractivity contribution in [3.8, 4) is 0 Å². The molecular weight excluding hydrogens is 172 g/mol. The Morgan fingerprint density at radius 2 is 1.57 bits per heavy atom. The summed E-state index contributed by atoms with van der Waals surface area (Å²) < 4.78 is 0. The van der Waals surface area contributed by atoms with Crippen molar-refractivity contribution in [1.29, 1.82) is 0 Å². The molecule has 86 valence electrons. The molecule has 0 atom stereocenters. The summed E-state index contributed by atoms with van der Waals surface area (Å²) in [6.07, 6.45) is 3.67. The Balaban J connectivity index is 4.33. The Bertz CT molecular complexity index is 162. The summed E-state index contributed by atoms with van der Waals surface area (Å²) in [7, 11) is 0. The zero-order valence-corrected chi connectivity index (χ0v) is 10.9. The van der Waals surface area contributed by atoms with E-state index in [1.54, 1.807) is 0 Å². The quantitative estimate of drug-likeness (QED) is 0.527. The average Bonchev–Trinajstić information content (AvgIpc) is 2.00. The van der Waals surface area contributed by atoms with Crippen molar-refractivity contribution in [3.05, 3.63) is 0 Å². The van der Waals surface area contributed by atoms with Gasteiger partial charge in [-0.3, -0.25) is 5.84 Å². The van der Waals surface area contributed by atoms with Gasteiger partial charge in [-0.25, -0.2) is 5.01 Å². The SMILES string of the molecule is CCCC(C)(C)CC(C)(C)N(N)CC. The molecule has 0 heterocycles. The fraction of sp³-hybridized carbons (Fsp3) is 1.00. The molecule has 0 amide bonds. The van der Waals surface area contributed by atoms with Gasteiger partial charge in [0.1, 0.15) is 0 Å². The van der Waals surface area contributed by atoms with Gasteiger partial charge in [-0.1, -0.05) is 34.1 Å². The van der Waals surface area contributed by atoms with Crippen LogP contribution in [-0.4, -0.2) is 17.1 Å². The second kappa shape index (κ2) is 5.13. The van der Waals surface area contributed by atoms with Crippen molar-refractivity contribution >= 4 is 0 Å². The van der Waals surface area contributed by atoms with E-state index >= 15 is 0 Å². The predicted molar refractivity (Wildman–Crippen MR) is 64.0 cm³/mol. The number of nitrogens with two attached hydrogens (primary N) is 1. The highest BCUT2D eigenvalue weighted by atomic mass is 15.4. The molecule has 0 aliphatic heterocycles.